The van der Waals surface area contributed by atoms with Gasteiger partial charge in [-0.2, -0.15) is 0 Å². The van der Waals surface area contributed by atoms with Gasteiger partial charge in [0, 0.05) is 22.6 Å². The number of likely N-dealkylation sites (tertiary alicyclic amines) is 1. The van der Waals surface area contributed by atoms with E-state index in [2.05, 4.69) is 20.8 Å². The van der Waals surface area contributed by atoms with Crippen LogP contribution in [0.1, 0.15) is 30.9 Å². The lowest BCUT2D eigenvalue weighted by molar-refractivity contribution is 0.164. The summed E-state index contributed by atoms with van der Waals surface area (Å²) in [5, 5.41) is 0. The summed E-state index contributed by atoms with van der Waals surface area (Å²) in [5.41, 5.74) is 6.54. The van der Waals surface area contributed by atoms with Crippen LogP contribution in [0.3, 0.4) is 0 Å². The van der Waals surface area contributed by atoms with E-state index in [0.717, 1.165) is 17.6 Å². The Morgan fingerprint density at radius 1 is 1.29 bits per heavy atom. The monoisotopic (exact) mass is 300 g/mol. The Morgan fingerprint density at radius 3 is 2.65 bits per heavy atom. The molecule has 2 nitrogen and oxygen atoms in total. The number of benzene rings is 1. The molecule has 1 saturated heterocycles. The van der Waals surface area contributed by atoms with Crippen LogP contribution in [0.4, 0.5) is 4.39 Å². The molecule has 94 valence electrons. The molecule has 2 N–H and O–H groups in total. The zero-order valence-corrected chi connectivity index (χ0v) is 11.4. The molecule has 1 aliphatic rings. The molecule has 0 aliphatic carbocycles. The van der Waals surface area contributed by atoms with Crippen molar-refractivity contribution in [1.82, 2.24) is 4.90 Å². The maximum Gasteiger partial charge on any atom is 0.128 e. The van der Waals surface area contributed by atoms with Crippen LogP contribution in [-0.2, 0) is 0 Å². The molecule has 0 amide bonds. The highest BCUT2D eigenvalue weighted by atomic mass is 79.9. The molecule has 1 atom stereocenters. The zero-order valence-electron chi connectivity index (χ0n) is 9.83. The number of nitrogens with zero attached hydrogens (tertiary/aromatic N) is 1. The maximum absolute atomic E-state index is 13.9. The van der Waals surface area contributed by atoms with Gasteiger partial charge in [-0.15, -0.1) is 0 Å². The Kier molecular flexibility index (Phi) is 4.54. The molecule has 17 heavy (non-hydrogen) atoms. The standard InChI is InChI=1S/C13H18BrFN2/c14-10-4-5-12(15)11(8-10)13(9-16)17-6-2-1-3-7-17/h4-5,8,13H,1-3,6-7,9,16H2. The highest BCUT2D eigenvalue weighted by molar-refractivity contribution is 9.10. The number of hydrogen-bond acceptors (Lipinski definition) is 2. The van der Waals surface area contributed by atoms with E-state index < -0.39 is 0 Å². The van der Waals surface area contributed by atoms with Crippen molar-refractivity contribution >= 4 is 15.9 Å². The van der Waals surface area contributed by atoms with Crippen LogP contribution < -0.4 is 5.73 Å². The summed E-state index contributed by atoms with van der Waals surface area (Å²) in [4.78, 5) is 2.30. The number of halogens is 2. The van der Waals surface area contributed by atoms with E-state index in [0.29, 0.717) is 12.1 Å². The van der Waals surface area contributed by atoms with Crippen molar-refractivity contribution in [2.75, 3.05) is 19.6 Å². The second-order valence-electron chi connectivity index (χ2n) is 4.51. The van der Waals surface area contributed by atoms with E-state index in [9.17, 15) is 4.39 Å². The third kappa shape index (κ3) is 3.06. The minimum Gasteiger partial charge on any atom is -0.329 e. The molecule has 4 heteroatoms. The molecule has 1 heterocycles. The molecule has 1 fully saturated rings. The van der Waals surface area contributed by atoms with Gasteiger partial charge in [-0.1, -0.05) is 22.4 Å². The minimum atomic E-state index is -0.158. The Labute approximate surface area is 110 Å². The molecule has 2 rings (SSSR count). The fourth-order valence-corrected chi connectivity index (χ4v) is 2.85. The molecule has 0 radical (unpaired) electrons. The third-order valence-electron chi connectivity index (χ3n) is 3.37. The molecule has 0 saturated carbocycles. The van der Waals surface area contributed by atoms with E-state index in [1.807, 2.05) is 6.07 Å². The van der Waals surface area contributed by atoms with Crippen LogP contribution in [-0.4, -0.2) is 24.5 Å². The molecule has 1 aromatic carbocycles. The predicted molar refractivity (Wildman–Crippen MR) is 71.3 cm³/mol. The van der Waals surface area contributed by atoms with E-state index in [-0.39, 0.29) is 11.9 Å². The Hall–Kier alpha value is -0.450. The predicted octanol–water partition coefficient (Wildman–Crippen LogP) is 3.07. The first kappa shape index (κ1) is 13.0. The van der Waals surface area contributed by atoms with Gasteiger partial charge >= 0.3 is 0 Å². The van der Waals surface area contributed by atoms with Gasteiger partial charge in [-0.3, -0.25) is 4.90 Å². The lowest BCUT2D eigenvalue weighted by atomic mass is 10.0. The number of hydrogen-bond donors (Lipinski definition) is 1. The summed E-state index contributed by atoms with van der Waals surface area (Å²) in [5.74, 6) is -0.158. The molecule has 1 aromatic rings. The summed E-state index contributed by atoms with van der Waals surface area (Å²) in [6.07, 6.45) is 3.65. The van der Waals surface area contributed by atoms with Crippen molar-refractivity contribution in [3.63, 3.8) is 0 Å². The second-order valence-corrected chi connectivity index (χ2v) is 5.43. The van der Waals surface area contributed by atoms with Gasteiger partial charge in [0.1, 0.15) is 5.82 Å². The molecular weight excluding hydrogens is 283 g/mol. The smallest absolute Gasteiger partial charge is 0.128 e. The Bertz CT molecular complexity index is 378. The third-order valence-corrected chi connectivity index (χ3v) is 3.86. The van der Waals surface area contributed by atoms with Crippen LogP contribution in [0, 0.1) is 5.82 Å². The quantitative estimate of drug-likeness (QED) is 0.929. The van der Waals surface area contributed by atoms with Gasteiger partial charge in [0.2, 0.25) is 0 Å². The molecule has 0 bridgehead atoms. The summed E-state index contributed by atoms with van der Waals surface area (Å²) in [6.45, 7) is 2.51. The highest BCUT2D eigenvalue weighted by Gasteiger charge is 2.23. The van der Waals surface area contributed by atoms with Crippen molar-refractivity contribution in [2.24, 2.45) is 5.73 Å². The Balaban J connectivity index is 2.24. The average molecular weight is 301 g/mol. The second kappa shape index (κ2) is 5.94. The number of nitrogens with two attached hydrogens (primary N) is 1. The van der Waals surface area contributed by atoms with Crippen molar-refractivity contribution in [3.05, 3.63) is 34.1 Å². The van der Waals surface area contributed by atoms with Crippen LogP contribution in [0.5, 0.6) is 0 Å². The lowest BCUT2D eigenvalue weighted by Crippen LogP contribution is -2.38. The maximum atomic E-state index is 13.9. The van der Waals surface area contributed by atoms with E-state index in [1.54, 1.807) is 6.07 Å². The van der Waals surface area contributed by atoms with Gasteiger partial charge in [0.15, 0.2) is 0 Å². The fourth-order valence-electron chi connectivity index (χ4n) is 2.47. The lowest BCUT2D eigenvalue weighted by Gasteiger charge is -2.34. The summed E-state index contributed by atoms with van der Waals surface area (Å²) in [6, 6.07) is 5.09. The van der Waals surface area contributed by atoms with E-state index >= 15 is 0 Å². The topological polar surface area (TPSA) is 29.3 Å². The Morgan fingerprint density at radius 2 is 2.00 bits per heavy atom. The van der Waals surface area contributed by atoms with Gasteiger partial charge < -0.3 is 5.73 Å². The van der Waals surface area contributed by atoms with Crippen molar-refractivity contribution in [2.45, 2.75) is 25.3 Å². The minimum absolute atomic E-state index is 0.00722. The average Bonchev–Trinajstić information content (AvgIpc) is 2.36. The van der Waals surface area contributed by atoms with E-state index in [1.165, 1.54) is 25.3 Å². The summed E-state index contributed by atoms with van der Waals surface area (Å²) in [7, 11) is 0. The zero-order chi connectivity index (χ0) is 12.3. The van der Waals surface area contributed by atoms with Gasteiger partial charge in [0.05, 0.1) is 0 Å². The number of piperidine rings is 1. The first-order chi connectivity index (χ1) is 8.22. The molecule has 1 aliphatic heterocycles. The SMILES string of the molecule is NCC(c1cc(Br)ccc1F)N1CCCCC1. The normalized spacial score (nSPS) is 19.2. The van der Waals surface area contributed by atoms with Gasteiger partial charge in [0.25, 0.3) is 0 Å². The summed E-state index contributed by atoms with van der Waals surface area (Å²) < 4.78 is 14.8. The van der Waals surface area contributed by atoms with Gasteiger partial charge in [-0.25, -0.2) is 4.39 Å². The van der Waals surface area contributed by atoms with E-state index in [4.69, 9.17) is 5.73 Å². The summed E-state index contributed by atoms with van der Waals surface area (Å²) >= 11 is 3.39. The van der Waals surface area contributed by atoms with Crippen molar-refractivity contribution < 1.29 is 4.39 Å². The van der Waals surface area contributed by atoms with Crippen LogP contribution >= 0.6 is 15.9 Å². The first-order valence-electron chi connectivity index (χ1n) is 6.11. The molecule has 0 spiro atoms. The van der Waals surface area contributed by atoms with Crippen molar-refractivity contribution in [1.29, 1.82) is 0 Å². The van der Waals surface area contributed by atoms with Crippen molar-refractivity contribution in [3.8, 4) is 0 Å². The van der Waals surface area contributed by atoms with Crippen LogP contribution in [0.15, 0.2) is 22.7 Å². The first-order valence-corrected chi connectivity index (χ1v) is 6.90. The van der Waals surface area contributed by atoms with Crippen LogP contribution in [0.25, 0.3) is 0 Å². The fraction of sp³-hybridized carbons (Fsp3) is 0.538. The molecule has 0 aromatic heterocycles. The van der Waals surface area contributed by atoms with Gasteiger partial charge in [-0.05, 0) is 44.1 Å². The highest BCUT2D eigenvalue weighted by Crippen LogP contribution is 2.27. The largest absolute Gasteiger partial charge is 0.329 e. The molecular formula is C13H18BrFN2. The number of rotatable bonds is 3. The molecule has 1 unspecified atom stereocenters. The van der Waals surface area contributed by atoms with Crippen LogP contribution in [0.2, 0.25) is 0 Å².